The lowest BCUT2D eigenvalue weighted by molar-refractivity contribution is -0.136. The number of aromatic nitrogens is 1. The molecule has 0 spiro atoms. The van der Waals surface area contributed by atoms with E-state index in [4.69, 9.17) is 5.11 Å². The van der Waals surface area contributed by atoms with Crippen molar-refractivity contribution in [1.82, 2.24) is 4.57 Å². The highest BCUT2D eigenvalue weighted by molar-refractivity contribution is 5.98. The van der Waals surface area contributed by atoms with Crippen molar-refractivity contribution in [2.75, 3.05) is 0 Å². The fourth-order valence-corrected chi connectivity index (χ4v) is 3.08. The summed E-state index contributed by atoms with van der Waals surface area (Å²) < 4.78 is 1.46. The molecule has 2 N–H and O–H groups in total. The van der Waals surface area contributed by atoms with E-state index in [1.165, 1.54) is 10.1 Å². The van der Waals surface area contributed by atoms with Gasteiger partial charge < -0.3 is 14.8 Å². The smallest absolute Gasteiger partial charge is 0.309 e. The zero-order valence-electron chi connectivity index (χ0n) is 17.9. The van der Waals surface area contributed by atoms with Crippen molar-refractivity contribution >= 4 is 16.7 Å². The van der Waals surface area contributed by atoms with Crippen LogP contribution in [-0.2, 0) is 18.3 Å². The molecule has 0 atom stereocenters. The minimum atomic E-state index is -0.953. The topological polar surface area (TPSA) is 79.5 Å². The van der Waals surface area contributed by atoms with E-state index in [1.807, 2.05) is 50.2 Å². The lowest BCUT2D eigenvalue weighted by Gasteiger charge is -2.17. The first-order valence-electron chi connectivity index (χ1n) is 9.52. The number of rotatable bonds is 3. The molecule has 29 heavy (non-hydrogen) atoms. The van der Waals surface area contributed by atoms with Gasteiger partial charge in [0.15, 0.2) is 0 Å². The molecule has 0 aliphatic heterocycles. The number of hydrogen-bond donors (Lipinski definition) is 2. The molecule has 5 heteroatoms. The van der Waals surface area contributed by atoms with Gasteiger partial charge in [-0.25, -0.2) is 0 Å². The SMILES string of the molecule is CC(C)(C)O.Cc1ccc(-c2c(CC(=O)O)n(C)c(=O)c3ccccc23)cc1C. The number of hydrogen-bond acceptors (Lipinski definition) is 3. The Morgan fingerprint density at radius 3 is 2.07 bits per heavy atom. The minimum absolute atomic E-state index is 0.172. The summed E-state index contributed by atoms with van der Waals surface area (Å²) in [5.74, 6) is -0.953. The van der Waals surface area contributed by atoms with Gasteiger partial charge in [0, 0.05) is 23.7 Å². The molecule has 3 aromatic rings. The van der Waals surface area contributed by atoms with Gasteiger partial charge in [0.2, 0.25) is 0 Å². The van der Waals surface area contributed by atoms with Gasteiger partial charge in [0.1, 0.15) is 0 Å². The molecule has 0 aliphatic carbocycles. The van der Waals surface area contributed by atoms with Crippen LogP contribution in [-0.4, -0.2) is 26.4 Å². The Balaban J connectivity index is 0.000000537. The number of aryl methyl sites for hydroxylation is 2. The zero-order chi connectivity index (χ0) is 21.9. The number of aliphatic hydroxyl groups is 1. The molecule has 0 fully saturated rings. The van der Waals surface area contributed by atoms with E-state index in [2.05, 4.69) is 0 Å². The lowest BCUT2D eigenvalue weighted by atomic mass is 9.93. The summed E-state index contributed by atoms with van der Waals surface area (Å²) in [7, 11) is 1.64. The van der Waals surface area contributed by atoms with Crippen molar-refractivity contribution < 1.29 is 15.0 Å². The monoisotopic (exact) mass is 395 g/mol. The number of carboxylic acid groups (broad SMARTS) is 1. The number of aliphatic carboxylic acids is 1. The van der Waals surface area contributed by atoms with Crippen LogP contribution >= 0.6 is 0 Å². The van der Waals surface area contributed by atoms with Crippen molar-refractivity contribution in [3.8, 4) is 11.1 Å². The van der Waals surface area contributed by atoms with Gasteiger partial charge in [0.05, 0.1) is 12.0 Å². The van der Waals surface area contributed by atoms with Gasteiger partial charge in [-0.2, -0.15) is 0 Å². The Morgan fingerprint density at radius 1 is 1.00 bits per heavy atom. The number of fused-ring (bicyclic) bond motifs is 1. The predicted molar refractivity (Wildman–Crippen MR) is 117 cm³/mol. The molecule has 0 aliphatic rings. The van der Waals surface area contributed by atoms with Crippen molar-refractivity contribution in [1.29, 1.82) is 0 Å². The number of carbonyl (C=O) groups is 1. The first kappa shape index (κ1) is 22.4. The molecular weight excluding hydrogens is 366 g/mol. The lowest BCUT2D eigenvalue weighted by Crippen LogP contribution is -2.23. The average Bonchev–Trinajstić information content (AvgIpc) is 2.60. The van der Waals surface area contributed by atoms with Crippen LogP contribution in [0.15, 0.2) is 47.3 Å². The van der Waals surface area contributed by atoms with E-state index < -0.39 is 11.6 Å². The third-order valence-electron chi connectivity index (χ3n) is 4.54. The molecule has 0 radical (unpaired) electrons. The molecule has 154 valence electrons. The largest absolute Gasteiger partial charge is 0.481 e. The molecular formula is C24H29NO4. The number of pyridine rings is 1. The highest BCUT2D eigenvalue weighted by Gasteiger charge is 2.18. The van der Waals surface area contributed by atoms with E-state index in [9.17, 15) is 14.7 Å². The quantitative estimate of drug-likeness (QED) is 0.696. The Kier molecular flexibility index (Phi) is 6.65. The van der Waals surface area contributed by atoms with Gasteiger partial charge in [-0.15, -0.1) is 0 Å². The second kappa shape index (κ2) is 8.62. The van der Waals surface area contributed by atoms with Gasteiger partial charge >= 0.3 is 5.97 Å². The zero-order valence-corrected chi connectivity index (χ0v) is 17.9. The standard InChI is InChI=1S/C20H19NO3.C4H10O/c1-12-8-9-14(10-13(12)2)19-15-6-4-5-7-16(15)20(24)21(3)17(19)11-18(22)23;1-4(2,3)5/h4-10H,11H2,1-3H3,(H,22,23);5H,1-3H3. The first-order valence-corrected chi connectivity index (χ1v) is 9.52. The van der Waals surface area contributed by atoms with E-state index in [0.717, 1.165) is 22.1 Å². The maximum atomic E-state index is 12.6. The molecule has 0 unspecified atom stereocenters. The van der Waals surface area contributed by atoms with E-state index >= 15 is 0 Å². The average molecular weight is 395 g/mol. The van der Waals surface area contributed by atoms with E-state index in [0.29, 0.717) is 11.1 Å². The molecule has 0 amide bonds. The van der Waals surface area contributed by atoms with Gasteiger partial charge in [-0.3, -0.25) is 9.59 Å². The Labute approximate surface area is 171 Å². The van der Waals surface area contributed by atoms with Crippen LogP contribution in [0.1, 0.15) is 37.6 Å². The van der Waals surface area contributed by atoms with Crippen LogP contribution in [0.25, 0.3) is 21.9 Å². The number of carboxylic acids is 1. The maximum Gasteiger partial charge on any atom is 0.309 e. The van der Waals surface area contributed by atoms with Crippen molar-refractivity contribution in [3.63, 3.8) is 0 Å². The van der Waals surface area contributed by atoms with Crippen LogP contribution in [0.5, 0.6) is 0 Å². The fourth-order valence-electron chi connectivity index (χ4n) is 3.08. The summed E-state index contributed by atoms with van der Waals surface area (Å²) in [4.78, 5) is 24.0. The molecule has 0 saturated heterocycles. The van der Waals surface area contributed by atoms with Crippen molar-refractivity contribution in [2.45, 2.75) is 46.6 Å². The third-order valence-corrected chi connectivity index (χ3v) is 4.54. The normalized spacial score (nSPS) is 11.1. The highest BCUT2D eigenvalue weighted by atomic mass is 16.4. The van der Waals surface area contributed by atoms with Crippen molar-refractivity contribution in [2.24, 2.45) is 7.05 Å². The third kappa shape index (κ3) is 5.55. The molecule has 0 bridgehead atoms. The van der Waals surface area contributed by atoms with Crippen LogP contribution in [0, 0.1) is 13.8 Å². The summed E-state index contributed by atoms with van der Waals surface area (Å²) in [6, 6.07) is 13.4. The first-order chi connectivity index (χ1) is 13.4. The Morgan fingerprint density at radius 2 is 1.55 bits per heavy atom. The van der Waals surface area contributed by atoms with Crippen LogP contribution < -0.4 is 5.56 Å². The highest BCUT2D eigenvalue weighted by Crippen LogP contribution is 2.32. The fraction of sp³-hybridized carbons (Fsp3) is 0.333. The second-order valence-electron chi connectivity index (χ2n) is 8.27. The van der Waals surface area contributed by atoms with Crippen LogP contribution in [0.3, 0.4) is 0 Å². The molecule has 3 rings (SSSR count). The van der Waals surface area contributed by atoms with Gasteiger partial charge in [-0.1, -0.05) is 36.4 Å². The van der Waals surface area contributed by atoms with E-state index in [-0.39, 0.29) is 12.0 Å². The number of benzene rings is 2. The summed E-state index contributed by atoms with van der Waals surface area (Å²) in [6.07, 6.45) is -0.196. The maximum absolute atomic E-state index is 12.6. The molecule has 2 aromatic carbocycles. The van der Waals surface area contributed by atoms with E-state index in [1.54, 1.807) is 33.9 Å². The van der Waals surface area contributed by atoms with Crippen LogP contribution in [0.2, 0.25) is 0 Å². The minimum Gasteiger partial charge on any atom is -0.481 e. The summed E-state index contributed by atoms with van der Waals surface area (Å²) in [5.41, 5.74) is 3.91. The molecule has 1 aromatic heterocycles. The molecule has 5 nitrogen and oxygen atoms in total. The van der Waals surface area contributed by atoms with Gasteiger partial charge in [-0.05, 0) is 62.8 Å². The van der Waals surface area contributed by atoms with Crippen LogP contribution in [0.4, 0.5) is 0 Å². The summed E-state index contributed by atoms with van der Waals surface area (Å²) in [5, 5.41) is 19.2. The Bertz CT molecular complexity index is 1100. The Hall–Kier alpha value is -2.92. The second-order valence-corrected chi connectivity index (χ2v) is 8.27. The number of nitrogens with zero attached hydrogens (tertiary/aromatic N) is 1. The molecule has 1 heterocycles. The molecule has 0 saturated carbocycles. The summed E-state index contributed by atoms with van der Waals surface area (Å²) >= 11 is 0. The van der Waals surface area contributed by atoms with Crippen molar-refractivity contribution in [3.05, 3.63) is 69.6 Å². The summed E-state index contributed by atoms with van der Waals surface area (Å²) in [6.45, 7) is 9.29. The predicted octanol–water partition coefficient (Wildman–Crippen LogP) is 4.23. The van der Waals surface area contributed by atoms with Gasteiger partial charge in [0.25, 0.3) is 5.56 Å².